The van der Waals surface area contributed by atoms with Crippen LogP contribution in [0.4, 0.5) is 5.69 Å². The second-order valence-corrected chi connectivity index (χ2v) is 7.90. The van der Waals surface area contributed by atoms with E-state index >= 15 is 0 Å². The Balaban J connectivity index is 2.43. The van der Waals surface area contributed by atoms with E-state index in [9.17, 15) is 18.0 Å². The van der Waals surface area contributed by atoms with E-state index in [1.165, 1.54) is 30.3 Å². The maximum absolute atomic E-state index is 12.6. The molecule has 27 heavy (non-hydrogen) atoms. The first-order valence-electron chi connectivity index (χ1n) is 8.04. The molecule has 0 aromatic heterocycles. The second-order valence-electron chi connectivity index (χ2n) is 5.30. The lowest BCUT2D eigenvalue weighted by atomic mass is 10.1. The Hall–Kier alpha value is -2.39. The predicted molar refractivity (Wildman–Crippen MR) is 103 cm³/mol. The zero-order chi connectivity index (χ0) is 20.0. The predicted octanol–water partition coefficient (Wildman–Crippen LogP) is 3.60. The number of hydrogen-bond donors (Lipinski definition) is 1. The van der Waals surface area contributed by atoms with Crippen LogP contribution in [0, 0.1) is 0 Å². The van der Waals surface area contributed by atoms with Crippen molar-refractivity contribution < 1.29 is 27.5 Å². The van der Waals surface area contributed by atoms with Crippen LogP contribution in [0.1, 0.15) is 34.6 Å². The maximum Gasteiger partial charge on any atom is 0.338 e. The Labute approximate surface area is 165 Å². The van der Waals surface area contributed by atoms with E-state index in [1.54, 1.807) is 26.0 Å². The van der Waals surface area contributed by atoms with Crippen molar-refractivity contribution in [3.63, 3.8) is 0 Å². The lowest BCUT2D eigenvalue weighted by molar-refractivity contribution is 0.0525. The van der Waals surface area contributed by atoms with Crippen LogP contribution in [0.15, 0.2) is 51.8 Å². The van der Waals surface area contributed by atoms with E-state index < -0.39 is 22.0 Å². The average Bonchev–Trinajstić information content (AvgIpc) is 2.62. The molecule has 9 heteroatoms. The third-order valence-electron chi connectivity index (χ3n) is 3.33. The molecule has 0 heterocycles. The molecular formula is C18H18BrNO6S. The monoisotopic (exact) mass is 455 g/mol. The fourth-order valence-electron chi connectivity index (χ4n) is 2.18. The first-order valence-corrected chi connectivity index (χ1v) is 10.3. The molecule has 0 amide bonds. The smallest absolute Gasteiger partial charge is 0.338 e. The summed E-state index contributed by atoms with van der Waals surface area (Å²) < 4.78 is 38.1. The number of nitrogens with one attached hydrogen (secondary N) is 1. The Bertz CT molecular complexity index is 905. The van der Waals surface area contributed by atoms with Gasteiger partial charge in [-0.1, -0.05) is 15.9 Å². The van der Waals surface area contributed by atoms with Crippen LogP contribution in [0.2, 0.25) is 0 Å². The number of ether oxygens (including phenoxy) is 2. The summed E-state index contributed by atoms with van der Waals surface area (Å²) in [4.78, 5) is 24.1. The molecule has 7 nitrogen and oxygen atoms in total. The number of esters is 2. The molecule has 0 fully saturated rings. The fourth-order valence-corrected chi connectivity index (χ4v) is 3.48. The fraction of sp³-hybridized carbons (Fsp3) is 0.222. The van der Waals surface area contributed by atoms with Gasteiger partial charge in [-0.2, -0.15) is 0 Å². The number of anilines is 1. The van der Waals surface area contributed by atoms with Gasteiger partial charge in [-0.25, -0.2) is 18.0 Å². The van der Waals surface area contributed by atoms with Crippen LogP contribution in [0.25, 0.3) is 0 Å². The maximum atomic E-state index is 12.6. The number of hydrogen-bond acceptors (Lipinski definition) is 6. The van der Waals surface area contributed by atoms with Crippen LogP contribution in [0.3, 0.4) is 0 Å². The summed E-state index contributed by atoms with van der Waals surface area (Å²) in [6.07, 6.45) is 0. The van der Waals surface area contributed by atoms with E-state index in [4.69, 9.17) is 9.47 Å². The topological polar surface area (TPSA) is 98.8 Å². The molecule has 0 saturated carbocycles. The molecule has 0 spiro atoms. The van der Waals surface area contributed by atoms with Crippen LogP contribution in [-0.4, -0.2) is 33.6 Å². The van der Waals surface area contributed by atoms with Gasteiger partial charge >= 0.3 is 11.9 Å². The van der Waals surface area contributed by atoms with Gasteiger partial charge in [0.25, 0.3) is 10.0 Å². The molecule has 144 valence electrons. The number of sulfonamides is 1. The summed E-state index contributed by atoms with van der Waals surface area (Å²) in [7, 11) is -3.91. The molecule has 2 aromatic carbocycles. The summed E-state index contributed by atoms with van der Waals surface area (Å²) in [6, 6.07) is 9.94. The molecule has 2 rings (SSSR count). The standard InChI is InChI=1S/C18H18BrNO6S/c1-3-25-17(21)12-9-13(18(22)26-4-2)11-15(10-12)20-27(23,24)16-7-5-14(19)6-8-16/h5-11,20H,3-4H2,1-2H3. The van der Waals surface area contributed by atoms with Gasteiger partial charge in [-0.15, -0.1) is 0 Å². The Kier molecular flexibility index (Phi) is 6.98. The third kappa shape index (κ3) is 5.54. The van der Waals surface area contributed by atoms with Crippen LogP contribution < -0.4 is 4.72 Å². The summed E-state index contributed by atoms with van der Waals surface area (Å²) in [5.41, 5.74) is 0.123. The molecule has 0 saturated heterocycles. The molecular weight excluding hydrogens is 438 g/mol. The van der Waals surface area contributed by atoms with E-state index in [0.29, 0.717) is 0 Å². The Morgan fingerprint density at radius 1 is 0.926 bits per heavy atom. The molecule has 0 atom stereocenters. The van der Waals surface area contributed by atoms with E-state index in [2.05, 4.69) is 20.7 Å². The van der Waals surface area contributed by atoms with Crippen LogP contribution in [-0.2, 0) is 19.5 Å². The zero-order valence-corrected chi connectivity index (χ0v) is 17.1. The van der Waals surface area contributed by atoms with Crippen LogP contribution in [0.5, 0.6) is 0 Å². The van der Waals surface area contributed by atoms with E-state index in [1.807, 2.05) is 0 Å². The first kappa shape index (κ1) is 20.9. The highest BCUT2D eigenvalue weighted by Gasteiger charge is 2.19. The van der Waals surface area contributed by atoms with Gasteiger partial charge in [0.15, 0.2) is 0 Å². The van der Waals surface area contributed by atoms with Gasteiger partial charge in [-0.05, 0) is 56.3 Å². The molecule has 0 aliphatic heterocycles. The number of benzene rings is 2. The lowest BCUT2D eigenvalue weighted by Crippen LogP contribution is -2.15. The van der Waals surface area contributed by atoms with Crippen molar-refractivity contribution in [1.82, 2.24) is 0 Å². The van der Waals surface area contributed by atoms with Crippen molar-refractivity contribution >= 4 is 43.6 Å². The molecule has 0 aliphatic rings. The minimum absolute atomic E-state index is 0.0323. The Morgan fingerprint density at radius 3 is 1.85 bits per heavy atom. The lowest BCUT2D eigenvalue weighted by Gasteiger charge is -2.12. The average molecular weight is 456 g/mol. The van der Waals surface area contributed by atoms with Gasteiger partial charge < -0.3 is 9.47 Å². The Morgan fingerprint density at radius 2 is 1.41 bits per heavy atom. The number of halogens is 1. The number of carbonyl (C=O) groups excluding carboxylic acids is 2. The molecule has 0 bridgehead atoms. The van der Waals surface area contributed by atoms with Gasteiger partial charge in [-0.3, -0.25) is 4.72 Å². The molecule has 0 unspecified atom stereocenters. The van der Waals surface area contributed by atoms with E-state index in [-0.39, 0.29) is 34.9 Å². The zero-order valence-electron chi connectivity index (χ0n) is 14.7. The second kappa shape index (κ2) is 9.01. The highest BCUT2D eigenvalue weighted by molar-refractivity contribution is 9.10. The van der Waals surface area contributed by atoms with Crippen LogP contribution >= 0.6 is 15.9 Å². The summed E-state index contributed by atoms with van der Waals surface area (Å²) >= 11 is 3.24. The van der Waals surface area contributed by atoms with Gasteiger partial charge in [0, 0.05) is 4.47 Å². The minimum atomic E-state index is -3.91. The summed E-state index contributed by atoms with van der Waals surface area (Å²) in [5.74, 6) is -1.35. The quantitative estimate of drug-likeness (QED) is 0.640. The SMILES string of the molecule is CCOC(=O)c1cc(NS(=O)(=O)c2ccc(Br)cc2)cc(C(=O)OCC)c1. The highest BCUT2D eigenvalue weighted by Crippen LogP contribution is 2.22. The molecule has 0 radical (unpaired) electrons. The molecule has 1 N–H and O–H groups in total. The highest BCUT2D eigenvalue weighted by atomic mass is 79.9. The largest absolute Gasteiger partial charge is 0.462 e. The summed E-state index contributed by atoms with van der Waals surface area (Å²) in [6.45, 7) is 3.57. The number of rotatable bonds is 7. The van der Waals surface area contributed by atoms with Gasteiger partial charge in [0.1, 0.15) is 0 Å². The number of carbonyl (C=O) groups is 2. The minimum Gasteiger partial charge on any atom is -0.462 e. The van der Waals surface area contributed by atoms with Crippen molar-refractivity contribution in [2.45, 2.75) is 18.7 Å². The summed E-state index contributed by atoms with van der Waals surface area (Å²) in [5, 5.41) is 0. The van der Waals surface area contributed by atoms with Gasteiger partial charge in [0.2, 0.25) is 0 Å². The van der Waals surface area contributed by atoms with Crippen molar-refractivity contribution in [2.24, 2.45) is 0 Å². The first-order chi connectivity index (χ1) is 12.8. The normalized spacial score (nSPS) is 10.9. The van der Waals surface area contributed by atoms with E-state index in [0.717, 1.165) is 4.47 Å². The third-order valence-corrected chi connectivity index (χ3v) is 5.26. The molecule has 2 aromatic rings. The van der Waals surface area contributed by atoms with Crippen molar-refractivity contribution in [3.05, 3.63) is 58.1 Å². The van der Waals surface area contributed by atoms with Crippen molar-refractivity contribution in [2.75, 3.05) is 17.9 Å². The van der Waals surface area contributed by atoms with Crippen molar-refractivity contribution in [1.29, 1.82) is 0 Å². The van der Waals surface area contributed by atoms with Crippen molar-refractivity contribution in [3.8, 4) is 0 Å². The van der Waals surface area contributed by atoms with Gasteiger partial charge in [0.05, 0.1) is 34.9 Å². The molecule has 0 aliphatic carbocycles.